The maximum absolute atomic E-state index is 9.40. The zero-order valence-electron chi connectivity index (χ0n) is 9.67. The summed E-state index contributed by atoms with van der Waals surface area (Å²) in [7, 11) is 1.92. The summed E-state index contributed by atoms with van der Waals surface area (Å²) in [5, 5.41) is 13.5. The second-order valence-electron chi connectivity index (χ2n) is 4.13. The fraction of sp³-hybridized carbons (Fsp3) is 0.417. The number of nitrogens with zero attached hydrogens (tertiary/aromatic N) is 3. The van der Waals surface area contributed by atoms with E-state index in [0.717, 1.165) is 18.5 Å². The molecule has 0 aliphatic rings. The molecule has 1 atom stereocenters. The molecular weight excluding hydrogens is 202 g/mol. The van der Waals surface area contributed by atoms with E-state index in [1.165, 1.54) is 5.56 Å². The lowest BCUT2D eigenvalue weighted by Gasteiger charge is -2.01. The zero-order chi connectivity index (χ0) is 11.5. The SMILES string of the molecule is CC(O)c1ccn(CCc2cnn(C)c2)c1. The summed E-state index contributed by atoms with van der Waals surface area (Å²) in [6.45, 7) is 2.69. The average molecular weight is 219 g/mol. The van der Waals surface area contributed by atoms with Gasteiger partial charge < -0.3 is 9.67 Å². The molecule has 0 aliphatic carbocycles. The molecule has 2 aromatic rings. The molecule has 1 unspecified atom stereocenters. The molecule has 0 saturated heterocycles. The number of aromatic nitrogens is 3. The molecule has 4 heteroatoms. The molecule has 0 saturated carbocycles. The van der Waals surface area contributed by atoms with Crippen molar-refractivity contribution in [1.29, 1.82) is 0 Å². The first-order valence-corrected chi connectivity index (χ1v) is 5.46. The van der Waals surface area contributed by atoms with Crippen LogP contribution in [0.1, 0.15) is 24.2 Å². The second-order valence-corrected chi connectivity index (χ2v) is 4.13. The summed E-state index contributed by atoms with van der Waals surface area (Å²) in [6.07, 6.45) is 8.47. The highest BCUT2D eigenvalue weighted by Gasteiger charge is 2.03. The predicted molar refractivity (Wildman–Crippen MR) is 62.0 cm³/mol. The Morgan fingerprint density at radius 1 is 1.44 bits per heavy atom. The summed E-state index contributed by atoms with van der Waals surface area (Å²) in [5.41, 5.74) is 2.20. The quantitative estimate of drug-likeness (QED) is 0.847. The van der Waals surface area contributed by atoms with E-state index in [4.69, 9.17) is 0 Å². The summed E-state index contributed by atoms with van der Waals surface area (Å²) in [5.74, 6) is 0. The number of aliphatic hydroxyl groups is 1. The van der Waals surface area contributed by atoms with Crippen molar-refractivity contribution < 1.29 is 5.11 Å². The third-order valence-corrected chi connectivity index (χ3v) is 2.67. The van der Waals surface area contributed by atoms with Crippen LogP contribution in [0, 0.1) is 0 Å². The van der Waals surface area contributed by atoms with Crippen LogP contribution in [-0.2, 0) is 20.0 Å². The van der Waals surface area contributed by atoms with Gasteiger partial charge in [-0.3, -0.25) is 4.68 Å². The second kappa shape index (κ2) is 4.53. The van der Waals surface area contributed by atoms with E-state index in [1.807, 2.05) is 42.6 Å². The van der Waals surface area contributed by atoms with E-state index in [0.29, 0.717) is 0 Å². The fourth-order valence-electron chi connectivity index (χ4n) is 1.70. The molecule has 0 fully saturated rings. The van der Waals surface area contributed by atoms with Gasteiger partial charge in [-0.25, -0.2) is 0 Å². The van der Waals surface area contributed by atoms with E-state index in [9.17, 15) is 5.11 Å². The summed E-state index contributed by atoms with van der Waals surface area (Å²) in [4.78, 5) is 0. The van der Waals surface area contributed by atoms with Crippen LogP contribution in [0.3, 0.4) is 0 Å². The molecule has 0 aliphatic heterocycles. The molecule has 2 aromatic heterocycles. The van der Waals surface area contributed by atoms with Crippen molar-refractivity contribution in [2.45, 2.75) is 26.0 Å². The van der Waals surface area contributed by atoms with Crippen LogP contribution < -0.4 is 0 Å². The Labute approximate surface area is 95.1 Å². The number of aliphatic hydroxyl groups excluding tert-OH is 1. The topological polar surface area (TPSA) is 43.0 Å². The number of rotatable bonds is 4. The van der Waals surface area contributed by atoms with Crippen LogP contribution >= 0.6 is 0 Å². The van der Waals surface area contributed by atoms with E-state index in [2.05, 4.69) is 9.67 Å². The minimum absolute atomic E-state index is 0.389. The van der Waals surface area contributed by atoms with Crippen LogP contribution in [0.15, 0.2) is 30.9 Å². The lowest BCUT2D eigenvalue weighted by Crippen LogP contribution is -1.98. The van der Waals surface area contributed by atoms with E-state index in [1.54, 1.807) is 6.92 Å². The third-order valence-electron chi connectivity index (χ3n) is 2.67. The van der Waals surface area contributed by atoms with Gasteiger partial charge in [0, 0.05) is 32.2 Å². The Hall–Kier alpha value is -1.55. The molecule has 86 valence electrons. The number of hydrogen-bond donors (Lipinski definition) is 1. The maximum atomic E-state index is 9.40. The number of aryl methyl sites for hydroxylation is 3. The Balaban J connectivity index is 1.94. The predicted octanol–water partition coefficient (Wildman–Crippen LogP) is 1.52. The highest BCUT2D eigenvalue weighted by Crippen LogP contribution is 2.12. The maximum Gasteiger partial charge on any atom is 0.0776 e. The van der Waals surface area contributed by atoms with Crippen LogP contribution in [0.4, 0.5) is 0 Å². The average Bonchev–Trinajstić information content (AvgIpc) is 2.83. The molecule has 0 radical (unpaired) electrons. The first-order valence-electron chi connectivity index (χ1n) is 5.46. The monoisotopic (exact) mass is 219 g/mol. The van der Waals surface area contributed by atoms with Gasteiger partial charge in [0.25, 0.3) is 0 Å². The molecule has 16 heavy (non-hydrogen) atoms. The van der Waals surface area contributed by atoms with Crippen molar-refractivity contribution in [3.05, 3.63) is 42.0 Å². The van der Waals surface area contributed by atoms with Crippen molar-refractivity contribution in [1.82, 2.24) is 14.3 Å². The Morgan fingerprint density at radius 3 is 2.81 bits per heavy atom. The minimum atomic E-state index is -0.389. The van der Waals surface area contributed by atoms with Gasteiger partial charge >= 0.3 is 0 Å². The molecule has 2 heterocycles. The van der Waals surface area contributed by atoms with Crippen molar-refractivity contribution in [2.24, 2.45) is 7.05 Å². The van der Waals surface area contributed by atoms with Crippen LogP contribution in [0.2, 0.25) is 0 Å². The van der Waals surface area contributed by atoms with Gasteiger partial charge in [0.05, 0.1) is 12.3 Å². The van der Waals surface area contributed by atoms with Crippen molar-refractivity contribution >= 4 is 0 Å². The molecule has 0 amide bonds. The Kier molecular flexibility index (Phi) is 3.10. The highest BCUT2D eigenvalue weighted by molar-refractivity contribution is 5.13. The summed E-state index contributed by atoms with van der Waals surface area (Å²) >= 11 is 0. The Bertz CT molecular complexity index is 456. The van der Waals surface area contributed by atoms with Crippen LogP contribution in [0.5, 0.6) is 0 Å². The molecule has 2 rings (SSSR count). The standard InChI is InChI=1S/C12H17N3O/c1-10(16)12-4-6-15(9-12)5-3-11-7-13-14(2)8-11/h4,6-10,16H,3,5H2,1-2H3. The first-order chi connectivity index (χ1) is 7.65. The van der Waals surface area contributed by atoms with Crippen molar-refractivity contribution in [3.8, 4) is 0 Å². The van der Waals surface area contributed by atoms with Gasteiger partial charge in [0.1, 0.15) is 0 Å². The third kappa shape index (κ3) is 2.52. The van der Waals surface area contributed by atoms with Crippen LogP contribution in [0.25, 0.3) is 0 Å². The number of hydrogen-bond acceptors (Lipinski definition) is 2. The Morgan fingerprint density at radius 2 is 2.25 bits per heavy atom. The van der Waals surface area contributed by atoms with Gasteiger partial charge in [0.15, 0.2) is 0 Å². The molecule has 1 N–H and O–H groups in total. The van der Waals surface area contributed by atoms with Crippen LogP contribution in [-0.4, -0.2) is 19.5 Å². The zero-order valence-corrected chi connectivity index (χ0v) is 9.67. The molecule has 0 spiro atoms. The van der Waals surface area contributed by atoms with E-state index < -0.39 is 0 Å². The van der Waals surface area contributed by atoms with Crippen molar-refractivity contribution in [3.63, 3.8) is 0 Å². The fourth-order valence-corrected chi connectivity index (χ4v) is 1.70. The van der Waals surface area contributed by atoms with Gasteiger partial charge in [0.2, 0.25) is 0 Å². The normalized spacial score (nSPS) is 12.9. The van der Waals surface area contributed by atoms with Gasteiger partial charge in [-0.05, 0) is 30.5 Å². The minimum Gasteiger partial charge on any atom is -0.389 e. The summed E-state index contributed by atoms with van der Waals surface area (Å²) in [6, 6.07) is 1.95. The van der Waals surface area contributed by atoms with Gasteiger partial charge in [-0.2, -0.15) is 5.10 Å². The molecule has 0 aromatic carbocycles. The lowest BCUT2D eigenvalue weighted by atomic mass is 10.2. The lowest BCUT2D eigenvalue weighted by molar-refractivity contribution is 0.199. The smallest absolute Gasteiger partial charge is 0.0776 e. The largest absolute Gasteiger partial charge is 0.389 e. The van der Waals surface area contributed by atoms with Gasteiger partial charge in [-0.1, -0.05) is 0 Å². The first kappa shape index (κ1) is 11.0. The summed E-state index contributed by atoms with van der Waals surface area (Å²) < 4.78 is 3.90. The van der Waals surface area contributed by atoms with E-state index in [-0.39, 0.29) is 6.10 Å². The molecule has 4 nitrogen and oxygen atoms in total. The van der Waals surface area contributed by atoms with E-state index >= 15 is 0 Å². The highest BCUT2D eigenvalue weighted by atomic mass is 16.3. The molecule has 0 bridgehead atoms. The van der Waals surface area contributed by atoms with Gasteiger partial charge in [-0.15, -0.1) is 0 Å². The molecular formula is C12H17N3O. The van der Waals surface area contributed by atoms with Crippen molar-refractivity contribution in [2.75, 3.05) is 0 Å².